The summed E-state index contributed by atoms with van der Waals surface area (Å²) >= 11 is 12.2. The van der Waals surface area contributed by atoms with Crippen LogP contribution in [0.3, 0.4) is 0 Å². The van der Waals surface area contributed by atoms with E-state index in [0.717, 1.165) is 18.8 Å². The van der Waals surface area contributed by atoms with Crippen LogP contribution in [-0.2, 0) is 16.6 Å². The highest BCUT2D eigenvalue weighted by atomic mass is 35.5. The Hall–Kier alpha value is -3.25. The van der Waals surface area contributed by atoms with E-state index >= 15 is 0 Å². The molecule has 1 saturated heterocycles. The van der Waals surface area contributed by atoms with Crippen molar-refractivity contribution in [2.24, 2.45) is 0 Å². The van der Waals surface area contributed by atoms with Gasteiger partial charge in [0.1, 0.15) is 0 Å². The fourth-order valence-electron chi connectivity index (χ4n) is 4.57. The quantitative estimate of drug-likeness (QED) is 0.210. The Balaban J connectivity index is 1.24. The number of para-hydroxylation sites is 1. The van der Waals surface area contributed by atoms with Gasteiger partial charge in [-0.3, -0.25) is 9.21 Å². The average Bonchev–Trinajstić information content (AvgIpc) is 3.48. The van der Waals surface area contributed by atoms with Crippen molar-refractivity contribution < 1.29 is 21.6 Å². The van der Waals surface area contributed by atoms with Gasteiger partial charge in [-0.1, -0.05) is 53.5 Å². The molecule has 0 N–H and O–H groups in total. The van der Waals surface area contributed by atoms with Gasteiger partial charge in [-0.2, -0.15) is 8.78 Å². The standard InChI is InChI=1S/C28H27Cl2F2N5O3S/c29-24-11-10-23(18-25(24)30)36-14-12-35(13-15-36)16-17-41(38,39)37(22-4-2-1-3-5-22)19-20-6-8-21(9-7-20)27-33-34-28(40-27)26(31)32/h1-11,18,26H,12-17,19H2. The molecule has 4 aromatic rings. The van der Waals surface area contributed by atoms with E-state index in [1.54, 1.807) is 54.6 Å². The Labute approximate surface area is 247 Å². The van der Waals surface area contributed by atoms with Gasteiger partial charge in [-0.15, -0.1) is 10.2 Å². The van der Waals surface area contributed by atoms with Crippen molar-refractivity contribution in [2.75, 3.05) is 47.7 Å². The molecule has 0 amide bonds. The minimum atomic E-state index is -3.70. The summed E-state index contributed by atoms with van der Waals surface area (Å²) in [6.45, 7) is 3.40. The van der Waals surface area contributed by atoms with Crippen molar-refractivity contribution in [3.8, 4) is 11.5 Å². The number of halogens is 4. The highest BCUT2D eigenvalue weighted by molar-refractivity contribution is 7.92. The number of benzene rings is 3. The lowest BCUT2D eigenvalue weighted by Crippen LogP contribution is -2.48. The Morgan fingerprint density at radius 2 is 1.61 bits per heavy atom. The summed E-state index contributed by atoms with van der Waals surface area (Å²) in [4.78, 5) is 4.34. The summed E-state index contributed by atoms with van der Waals surface area (Å²) < 4.78 is 59.3. The van der Waals surface area contributed by atoms with Crippen molar-refractivity contribution in [1.82, 2.24) is 15.1 Å². The van der Waals surface area contributed by atoms with Crippen LogP contribution in [0.4, 0.5) is 20.2 Å². The number of anilines is 2. The van der Waals surface area contributed by atoms with Gasteiger partial charge >= 0.3 is 6.43 Å². The molecule has 0 saturated carbocycles. The van der Waals surface area contributed by atoms with Crippen LogP contribution in [0.1, 0.15) is 17.9 Å². The number of nitrogens with zero attached hydrogens (tertiary/aromatic N) is 5. The molecule has 3 aromatic carbocycles. The zero-order valence-corrected chi connectivity index (χ0v) is 24.2. The van der Waals surface area contributed by atoms with Crippen LogP contribution in [0.25, 0.3) is 11.5 Å². The number of piperazine rings is 1. The zero-order valence-electron chi connectivity index (χ0n) is 21.8. The molecule has 0 spiro atoms. The topological polar surface area (TPSA) is 82.8 Å². The van der Waals surface area contributed by atoms with Gasteiger partial charge in [0, 0.05) is 44.0 Å². The van der Waals surface area contributed by atoms with E-state index in [0.29, 0.717) is 46.5 Å². The van der Waals surface area contributed by atoms with Gasteiger partial charge in [-0.05, 0) is 48.0 Å². The third-order valence-electron chi connectivity index (χ3n) is 6.84. The number of sulfonamides is 1. The fourth-order valence-corrected chi connectivity index (χ4v) is 6.36. The third kappa shape index (κ3) is 7.16. The first kappa shape index (κ1) is 29.2. The van der Waals surface area contributed by atoms with Crippen LogP contribution in [0.5, 0.6) is 0 Å². The number of alkyl halides is 2. The van der Waals surface area contributed by atoms with Crippen LogP contribution >= 0.6 is 23.2 Å². The summed E-state index contributed by atoms with van der Waals surface area (Å²) in [5.41, 5.74) is 2.72. The highest BCUT2D eigenvalue weighted by Gasteiger charge is 2.26. The number of rotatable bonds is 10. The average molecular weight is 623 g/mol. The first-order valence-corrected chi connectivity index (χ1v) is 15.2. The van der Waals surface area contributed by atoms with Gasteiger partial charge in [-0.25, -0.2) is 8.42 Å². The molecule has 0 bridgehead atoms. The lowest BCUT2D eigenvalue weighted by molar-refractivity contribution is 0.116. The summed E-state index contributed by atoms with van der Waals surface area (Å²) in [5.74, 6) is -0.828. The second-order valence-corrected chi connectivity index (χ2v) is 12.4. The molecule has 216 valence electrons. The molecular formula is C28H27Cl2F2N5O3S. The SMILES string of the molecule is O=S(=O)(CCN1CCN(c2ccc(Cl)c(Cl)c2)CC1)N(Cc1ccc(-c2nnc(C(F)F)o2)cc1)c1ccccc1. The monoisotopic (exact) mass is 621 g/mol. The van der Waals surface area contributed by atoms with Crippen LogP contribution in [0.15, 0.2) is 77.2 Å². The number of hydrogen-bond donors (Lipinski definition) is 0. The zero-order chi connectivity index (χ0) is 29.0. The molecule has 8 nitrogen and oxygen atoms in total. The molecule has 0 atom stereocenters. The lowest BCUT2D eigenvalue weighted by atomic mass is 10.1. The molecule has 1 fully saturated rings. The molecule has 0 aliphatic carbocycles. The smallest absolute Gasteiger partial charge is 0.314 e. The number of hydrogen-bond acceptors (Lipinski definition) is 7. The summed E-state index contributed by atoms with van der Waals surface area (Å²) in [6, 6.07) is 21.2. The lowest BCUT2D eigenvalue weighted by Gasteiger charge is -2.36. The van der Waals surface area contributed by atoms with Crippen molar-refractivity contribution in [3.05, 3.63) is 94.3 Å². The maximum absolute atomic E-state index is 13.6. The molecule has 5 rings (SSSR count). The predicted octanol–water partition coefficient (Wildman–Crippen LogP) is 6.14. The van der Waals surface area contributed by atoms with E-state index in [1.807, 2.05) is 18.2 Å². The molecular weight excluding hydrogens is 595 g/mol. The number of aromatic nitrogens is 2. The van der Waals surface area contributed by atoms with E-state index in [9.17, 15) is 17.2 Å². The van der Waals surface area contributed by atoms with Gasteiger partial charge in [0.2, 0.25) is 15.9 Å². The summed E-state index contributed by atoms with van der Waals surface area (Å²) in [7, 11) is -3.70. The second-order valence-electron chi connectivity index (χ2n) is 9.53. The van der Waals surface area contributed by atoms with Crippen molar-refractivity contribution in [3.63, 3.8) is 0 Å². The van der Waals surface area contributed by atoms with Gasteiger partial charge < -0.3 is 9.32 Å². The Bertz CT molecular complexity index is 1570. The Kier molecular flexibility index (Phi) is 9.08. The molecule has 0 radical (unpaired) electrons. The Morgan fingerprint density at radius 3 is 2.24 bits per heavy atom. The van der Waals surface area contributed by atoms with Crippen molar-refractivity contribution >= 4 is 44.6 Å². The van der Waals surface area contributed by atoms with Crippen molar-refractivity contribution in [2.45, 2.75) is 13.0 Å². The molecule has 0 unspecified atom stereocenters. The van der Waals surface area contributed by atoms with E-state index < -0.39 is 22.3 Å². The van der Waals surface area contributed by atoms with Gasteiger partial charge in [0.05, 0.1) is 28.0 Å². The van der Waals surface area contributed by atoms with Gasteiger partial charge in [0.15, 0.2) is 0 Å². The van der Waals surface area contributed by atoms with Gasteiger partial charge in [0.25, 0.3) is 5.89 Å². The van der Waals surface area contributed by atoms with E-state index in [4.69, 9.17) is 27.6 Å². The van der Waals surface area contributed by atoms with Crippen LogP contribution in [-0.4, -0.2) is 62.0 Å². The first-order valence-electron chi connectivity index (χ1n) is 12.9. The highest BCUT2D eigenvalue weighted by Crippen LogP contribution is 2.28. The summed E-state index contributed by atoms with van der Waals surface area (Å²) in [5, 5.41) is 8.02. The van der Waals surface area contributed by atoms with Crippen LogP contribution in [0.2, 0.25) is 10.0 Å². The molecule has 1 aromatic heterocycles. The third-order valence-corrected chi connectivity index (χ3v) is 9.29. The minimum absolute atomic E-state index is 0.0290. The van der Waals surface area contributed by atoms with E-state index in [1.165, 1.54) is 4.31 Å². The van der Waals surface area contributed by atoms with E-state index in [-0.39, 0.29) is 18.2 Å². The molecule has 41 heavy (non-hydrogen) atoms. The molecule has 13 heteroatoms. The maximum atomic E-state index is 13.6. The normalized spacial score (nSPS) is 14.5. The summed E-state index contributed by atoms with van der Waals surface area (Å²) in [6.07, 6.45) is -2.85. The molecule has 1 aliphatic rings. The molecule has 2 heterocycles. The first-order chi connectivity index (χ1) is 19.7. The fraction of sp³-hybridized carbons (Fsp3) is 0.286. The minimum Gasteiger partial charge on any atom is -0.415 e. The second kappa shape index (κ2) is 12.7. The Morgan fingerprint density at radius 1 is 0.902 bits per heavy atom. The van der Waals surface area contributed by atoms with Crippen LogP contribution < -0.4 is 9.21 Å². The van der Waals surface area contributed by atoms with Crippen molar-refractivity contribution in [1.29, 1.82) is 0 Å². The molecule has 1 aliphatic heterocycles. The maximum Gasteiger partial charge on any atom is 0.314 e. The predicted molar refractivity (Wildman–Crippen MR) is 156 cm³/mol. The largest absolute Gasteiger partial charge is 0.415 e. The van der Waals surface area contributed by atoms with Crippen LogP contribution in [0, 0.1) is 0 Å². The van der Waals surface area contributed by atoms with E-state index in [2.05, 4.69) is 20.0 Å².